The Kier molecular flexibility index (Phi) is 6.44. The Bertz CT molecular complexity index is 644. The lowest BCUT2D eigenvalue weighted by Crippen LogP contribution is -3.08. The quantitative estimate of drug-likeness (QED) is 0.817. The normalized spacial score (nSPS) is 11.8. The summed E-state index contributed by atoms with van der Waals surface area (Å²) in [6.07, 6.45) is 0. The number of anilines is 1. The van der Waals surface area contributed by atoms with E-state index in [9.17, 15) is 4.79 Å². The summed E-state index contributed by atoms with van der Waals surface area (Å²) < 4.78 is 5.52. The monoisotopic (exact) mass is 333 g/mol. The Morgan fingerprint density at radius 1 is 1.17 bits per heavy atom. The lowest BCUT2D eigenvalue weighted by Gasteiger charge is -2.15. The number of carbonyl (C=O) groups is 1. The highest BCUT2D eigenvalue weighted by Gasteiger charge is 2.13. The fourth-order valence-corrected chi connectivity index (χ4v) is 2.46. The fourth-order valence-electron chi connectivity index (χ4n) is 2.33. The first-order valence-corrected chi connectivity index (χ1v) is 8.03. The average molecular weight is 334 g/mol. The molecule has 0 aliphatic carbocycles. The summed E-state index contributed by atoms with van der Waals surface area (Å²) >= 11 is 5.88. The zero-order chi connectivity index (χ0) is 16.7. The molecule has 4 nitrogen and oxygen atoms in total. The van der Waals surface area contributed by atoms with Crippen molar-refractivity contribution < 1.29 is 14.4 Å². The molecule has 1 amide bonds. The van der Waals surface area contributed by atoms with Gasteiger partial charge in [-0.05, 0) is 31.2 Å². The minimum atomic E-state index is -0.0383. The van der Waals surface area contributed by atoms with Gasteiger partial charge < -0.3 is 15.0 Å². The largest absolute Gasteiger partial charge is 0.492 e. The number of likely N-dealkylation sites (N-methyl/N-ethyl adjacent to an activating group) is 1. The van der Waals surface area contributed by atoms with E-state index in [1.54, 1.807) is 0 Å². The van der Waals surface area contributed by atoms with E-state index in [1.165, 1.54) is 0 Å². The van der Waals surface area contributed by atoms with Crippen molar-refractivity contribution in [3.8, 4) is 5.75 Å². The molecule has 0 heterocycles. The maximum Gasteiger partial charge on any atom is 0.279 e. The molecule has 1 unspecified atom stereocenters. The molecule has 2 aromatic carbocycles. The number of halogens is 1. The van der Waals surface area contributed by atoms with E-state index in [0.29, 0.717) is 24.6 Å². The van der Waals surface area contributed by atoms with E-state index >= 15 is 0 Å². The Balaban J connectivity index is 1.90. The number of nitrogens with one attached hydrogen (secondary N) is 2. The summed E-state index contributed by atoms with van der Waals surface area (Å²) in [5.41, 5.74) is 1.85. The first kappa shape index (κ1) is 17.3. The Labute approximate surface area is 142 Å². The number of para-hydroxylation sites is 2. The van der Waals surface area contributed by atoms with E-state index in [2.05, 4.69) is 5.32 Å². The number of benzene rings is 2. The maximum atomic E-state index is 12.2. The topological polar surface area (TPSA) is 42.8 Å². The fraction of sp³-hybridized carbons (Fsp3) is 0.278. The van der Waals surface area contributed by atoms with Crippen LogP contribution in [-0.2, 0) is 11.3 Å². The SMILES string of the molecule is CCOc1ccccc1NC(=O)C[NH+](C)Cc1ccc(Cl)cc1. The lowest BCUT2D eigenvalue weighted by molar-refractivity contribution is -0.885. The summed E-state index contributed by atoms with van der Waals surface area (Å²) in [6, 6.07) is 15.1. The molecule has 0 aliphatic heterocycles. The van der Waals surface area contributed by atoms with Gasteiger partial charge in [0, 0.05) is 10.6 Å². The molecule has 0 saturated heterocycles. The van der Waals surface area contributed by atoms with Gasteiger partial charge in [0.1, 0.15) is 12.3 Å². The van der Waals surface area contributed by atoms with E-state index in [4.69, 9.17) is 16.3 Å². The van der Waals surface area contributed by atoms with Gasteiger partial charge in [-0.25, -0.2) is 0 Å². The van der Waals surface area contributed by atoms with Crippen LogP contribution in [0.25, 0.3) is 0 Å². The summed E-state index contributed by atoms with van der Waals surface area (Å²) in [4.78, 5) is 13.3. The van der Waals surface area contributed by atoms with Gasteiger partial charge in [-0.2, -0.15) is 0 Å². The molecule has 23 heavy (non-hydrogen) atoms. The molecular weight excluding hydrogens is 312 g/mol. The Hall–Kier alpha value is -2.04. The van der Waals surface area contributed by atoms with Crippen LogP contribution in [0.2, 0.25) is 5.02 Å². The van der Waals surface area contributed by atoms with Crippen molar-refractivity contribution in [2.45, 2.75) is 13.5 Å². The molecular formula is C18H22ClN2O2+. The van der Waals surface area contributed by atoms with Crippen LogP contribution in [-0.4, -0.2) is 26.1 Å². The predicted octanol–water partition coefficient (Wildman–Crippen LogP) is 2.39. The second-order valence-electron chi connectivity index (χ2n) is 5.41. The van der Waals surface area contributed by atoms with E-state index in [1.807, 2.05) is 62.5 Å². The second kappa shape index (κ2) is 8.56. The van der Waals surface area contributed by atoms with Gasteiger partial charge in [0.05, 0.1) is 19.3 Å². The molecule has 0 fully saturated rings. The van der Waals surface area contributed by atoms with Gasteiger partial charge in [0.25, 0.3) is 5.91 Å². The van der Waals surface area contributed by atoms with Gasteiger partial charge in [0.2, 0.25) is 0 Å². The third-order valence-electron chi connectivity index (χ3n) is 3.34. The molecule has 5 heteroatoms. The highest BCUT2D eigenvalue weighted by atomic mass is 35.5. The molecule has 122 valence electrons. The molecule has 0 aromatic heterocycles. The smallest absolute Gasteiger partial charge is 0.279 e. The first-order valence-electron chi connectivity index (χ1n) is 7.66. The summed E-state index contributed by atoms with van der Waals surface area (Å²) in [7, 11) is 1.99. The minimum absolute atomic E-state index is 0.0383. The molecule has 0 saturated carbocycles. The highest BCUT2D eigenvalue weighted by molar-refractivity contribution is 6.30. The van der Waals surface area contributed by atoms with Gasteiger partial charge >= 0.3 is 0 Å². The van der Waals surface area contributed by atoms with Crippen LogP contribution in [0, 0.1) is 0 Å². The van der Waals surface area contributed by atoms with E-state index in [-0.39, 0.29) is 5.91 Å². The maximum absolute atomic E-state index is 12.2. The molecule has 1 atom stereocenters. The molecule has 0 spiro atoms. The number of ether oxygens (including phenoxy) is 1. The zero-order valence-corrected chi connectivity index (χ0v) is 14.2. The van der Waals surface area contributed by atoms with Crippen LogP contribution in [0.15, 0.2) is 48.5 Å². The first-order chi connectivity index (χ1) is 11.1. The van der Waals surface area contributed by atoms with Gasteiger partial charge in [-0.15, -0.1) is 0 Å². The predicted molar refractivity (Wildman–Crippen MR) is 93.2 cm³/mol. The van der Waals surface area contributed by atoms with Crippen LogP contribution in [0.1, 0.15) is 12.5 Å². The van der Waals surface area contributed by atoms with Crippen molar-refractivity contribution in [2.24, 2.45) is 0 Å². The van der Waals surface area contributed by atoms with Crippen LogP contribution < -0.4 is 15.0 Å². The molecule has 0 aliphatic rings. The van der Waals surface area contributed by atoms with Crippen molar-refractivity contribution >= 4 is 23.2 Å². The van der Waals surface area contributed by atoms with E-state index < -0.39 is 0 Å². The Morgan fingerprint density at radius 2 is 1.87 bits per heavy atom. The number of hydrogen-bond acceptors (Lipinski definition) is 2. The van der Waals surface area contributed by atoms with Crippen LogP contribution >= 0.6 is 11.6 Å². The summed E-state index contributed by atoms with van der Waals surface area (Å²) in [5, 5.41) is 3.63. The standard InChI is InChI=1S/C18H21ClN2O2/c1-3-23-17-7-5-4-6-16(17)20-18(22)13-21(2)12-14-8-10-15(19)11-9-14/h4-11H,3,12-13H2,1-2H3,(H,20,22)/p+1. The van der Waals surface area contributed by atoms with Crippen molar-refractivity contribution in [3.05, 3.63) is 59.1 Å². The lowest BCUT2D eigenvalue weighted by atomic mass is 10.2. The molecule has 2 aromatic rings. The molecule has 0 radical (unpaired) electrons. The van der Waals surface area contributed by atoms with Gasteiger partial charge in [-0.1, -0.05) is 35.9 Å². The second-order valence-corrected chi connectivity index (χ2v) is 5.85. The van der Waals surface area contributed by atoms with Crippen molar-refractivity contribution in [2.75, 3.05) is 25.5 Å². The van der Waals surface area contributed by atoms with Crippen molar-refractivity contribution in [3.63, 3.8) is 0 Å². The van der Waals surface area contributed by atoms with Crippen molar-refractivity contribution in [1.29, 1.82) is 0 Å². The minimum Gasteiger partial charge on any atom is -0.492 e. The van der Waals surface area contributed by atoms with Crippen LogP contribution in [0.5, 0.6) is 5.75 Å². The van der Waals surface area contributed by atoms with Crippen molar-refractivity contribution in [1.82, 2.24) is 0 Å². The highest BCUT2D eigenvalue weighted by Crippen LogP contribution is 2.23. The summed E-state index contributed by atoms with van der Waals surface area (Å²) in [5.74, 6) is 0.655. The number of rotatable bonds is 7. The summed E-state index contributed by atoms with van der Waals surface area (Å²) in [6.45, 7) is 3.62. The average Bonchev–Trinajstić information content (AvgIpc) is 2.51. The Morgan fingerprint density at radius 3 is 2.57 bits per heavy atom. The van der Waals surface area contributed by atoms with E-state index in [0.717, 1.165) is 22.0 Å². The molecule has 2 rings (SSSR count). The van der Waals surface area contributed by atoms with Gasteiger partial charge in [0.15, 0.2) is 6.54 Å². The van der Waals surface area contributed by atoms with Crippen LogP contribution in [0.3, 0.4) is 0 Å². The number of hydrogen-bond donors (Lipinski definition) is 2. The number of carbonyl (C=O) groups excluding carboxylic acids is 1. The molecule has 0 bridgehead atoms. The number of amides is 1. The van der Waals surface area contributed by atoms with Gasteiger partial charge in [-0.3, -0.25) is 4.79 Å². The zero-order valence-electron chi connectivity index (χ0n) is 13.4. The molecule has 2 N–H and O–H groups in total. The third-order valence-corrected chi connectivity index (χ3v) is 3.59. The third kappa shape index (κ3) is 5.58. The number of quaternary nitrogens is 1. The van der Waals surface area contributed by atoms with Crippen LogP contribution in [0.4, 0.5) is 5.69 Å².